The van der Waals surface area contributed by atoms with E-state index in [1.807, 2.05) is 11.8 Å². The van der Waals surface area contributed by atoms with E-state index in [1.54, 1.807) is 30.1 Å². The zero-order valence-corrected chi connectivity index (χ0v) is 17.3. The molecule has 1 N–H and O–H groups in total. The van der Waals surface area contributed by atoms with Crippen molar-refractivity contribution in [2.45, 2.75) is 33.2 Å². The molecule has 0 saturated carbocycles. The van der Waals surface area contributed by atoms with Crippen LogP contribution >= 0.6 is 23.2 Å². The lowest BCUT2D eigenvalue weighted by Crippen LogP contribution is -2.51. The van der Waals surface area contributed by atoms with Gasteiger partial charge in [-0.05, 0) is 50.4 Å². The normalized spacial score (nSPS) is 21.6. The largest absolute Gasteiger partial charge is 0.341 e. The number of carbonyl (C=O) groups is 2. The second kappa shape index (κ2) is 9.07. The zero-order chi connectivity index (χ0) is 19.4. The molecule has 1 aromatic carbocycles. The maximum atomic E-state index is 12.8. The molecule has 0 radical (unpaired) electrons. The van der Waals surface area contributed by atoms with E-state index in [2.05, 4.69) is 19.2 Å². The first kappa shape index (κ1) is 21.0. The van der Waals surface area contributed by atoms with Crippen molar-refractivity contribution >= 4 is 40.7 Å². The van der Waals surface area contributed by atoms with Crippen LogP contribution in [0.25, 0.3) is 0 Å². The minimum absolute atomic E-state index is 0.0771. The number of anilines is 1. The molecule has 1 aromatic rings. The lowest BCUT2D eigenvalue weighted by atomic mass is 9.91. The lowest BCUT2D eigenvalue weighted by Gasteiger charge is -2.38. The highest BCUT2D eigenvalue weighted by Crippen LogP contribution is 2.25. The molecular formula is C19H27Cl2N3O2. The van der Waals surface area contributed by atoms with E-state index in [0.717, 1.165) is 19.5 Å². The first-order chi connectivity index (χ1) is 12.2. The molecule has 3 unspecified atom stereocenters. The first-order valence-corrected chi connectivity index (χ1v) is 9.67. The van der Waals surface area contributed by atoms with Gasteiger partial charge in [-0.3, -0.25) is 14.5 Å². The van der Waals surface area contributed by atoms with E-state index in [0.29, 0.717) is 27.6 Å². The van der Waals surface area contributed by atoms with Gasteiger partial charge in [-0.1, -0.05) is 37.0 Å². The Kier molecular flexibility index (Phi) is 7.33. The summed E-state index contributed by atoms with van der Waals surface area (Å²) >= 11 is 11.8. The fourth-order valence-corrected chi connectivity index (χ4v) is 3.73. The molecule has 2 rings (SSSR count). The molecule has 0 aliphatic carbocycles. The molecule has 1 saturated heterocycles. The Morgan fingerprint density at radius 3 is 2.42 bits per heavy atom. The zero-order valence-electron chi connectivity index (χ0n) is 15.8. The lowest BCUT2D eigenvalue weighted by molar-refractivity contribution is -0.139. The Morgan fingerprint density at radius 2 is 1.85 bits per heavy atom. The van der Waals surface area contributed by atoms with Crippen molar-refractivity contribution in [1.82, 2.24) is 9.80 Å². The average molecular weight is 400 g/mol. The van der Waals surface area contributed by atoms with E-state index >= 15 is 0 Å². The highest BCUT2D eigenvalue weighted by molar-refractivity contribution is 6.42. The molecule has 1 aliphatic rings. The minimum Gasteiger partial charge on any atom is -0.341 e. The van der Waals surface area contributed by atoms with E-state index in [-0.39, 0.29) is 24.4 Å². The molecule has 1 heterocycles. The molecule has 0 aromatic heterocycles. The van der Waals surface area contributed by atoms with Gasteiger partial charge < -0.3 is 10.2 Å². The van der Waals surface area contributed by atoms with Crippen LogP contribution in [0.4, 0.5) is 5.69 Å². The topological polar surface area (TPSA) is 52.7 Å². The highest BCUT2D eigenvalue weighted by Gasteiger charge is 2.30. The highest BCUT2D eigenvalue weighted by atomic mass is 35.5. The summed E-state index contributed by atoms with van der Waals surface area (Å²) in [4.78, 5) is 28.7. The Hall–Kier alpha value is -1.30. The third-order valence-corrected chi connectivity index (χ3v) is 5.53. The van der Waals surface area contributed by atoms with E-state index in [4.69, 9.17) is 23.2 Å². The fourth-order valence-electron chi connectivity index (χ4n) is 3.43. The number of hydrogen-bond acceptors (Lipinski definition) is 3. The summed E-state index contributed by atoms with van der Waals surface area (Å²) in [5.41, 5.74) is 0.579. The molecule has 0 bridgehead atoms. The molecule has 7 heteroatoms. The molecular weight excluding hydrogens is 373 g/mol. The molecule has 0 spiro atoms. The van der Waals surface area contributed by atoms with Crippen LogP contribution in [0.15, 0.2) is 18.2 Å². The number of benzene rings is 1. The molecule has 1 aliphatic heterocycles. The predicted octanol–water partition coefficient (Wildman–Crippen LogP) is 3.76. The summed E-state index contributed by atoms with van der Waals surface area (Å²) < 4.78 is 0. The molecule has 144 valence electrons. The van der Waals surface area contributed by atoms with Crippen LogP contribution in [0.3, 0.4) is 0 Å². The smallest absolute Gasteiger partial charge is 0.239 e. The van der Waals surface area contributed by atoms with Gasteiger partial charge in [-0.2, -0.15) is 0 Å². The first-order valence-electron chi connectivity index (χ1n) is 8.91. The predicted molar refractivity (Wildman–Crippen MR) is 107 cm³/mol. The number of amides is 2. The fraction of sp³-hybridized carbons (Fsp3) is 0.579. The molecule has 1 fully saturated rings. The third kappa shape index (κ3) is 5.60. The van der Waals surface area contributed by atoms with Crippen molar-refractivity contribution in [3.05, 3.63) is 28.2 Å². The number of likely N-dealkylation sites (N-methyl/N-ethyl adjacent to an activating group) is 1. The number of carbonyl (C=O) groups excluding carboxylic acids is 2. The summed E-state index contributed by atoms with van der Waals surface area (Å²) in [7, 11) is 1.79. The molecule has 26 heavy (non-hydrogen) atoms. The van der Waals surface area contributed by atoms with Gasteiger partial charge in [-0.25, -0.2) is 0 Å². The Labute approximate surface area is 165 Å². The van der Waals surface area contributed by atoms with Crippen molar-refractivity contribution < 1.29 is 9.59 Å². The summed E-state index contributed by atoms with van der Waals surface area (Å²) in [5.74, 6) is 0.899. The monoisotopic (exact) mass is 399 g/mol. The van der Waals surface area contributed by atoms with Gasteiger partial charge in [0.15, 0.2) is 0 Å². The van der Waals surface area contributed by atoms with Gasteiger partial charge in [0, 0.05) is 18.8 Å². The van der Waals surface area contributed by atoms with E-state index in [9.17, 15) is 9.59 Å². The summed E-state index contributed by atoms with van der Waals surface area (Å²) in [6.07, 6.45) is 1.15. The average Bonchev–Trinajstić information content (AvgIpc) is 2.55. The summed E-state index contributed by atoms with van der Waals surface area (Å²) in [6, 6.07) is 4.57. The number of hydrogen-bond donors (Lipinski definition) is 1. The number of piperidine rings is 1. The molecule has 3 atom stereocenters. The number of rotatable bonds is 5. The Bertz CT molecular complexity index is 658. The van der Waals surface area contributed by atoms with Crippen LogP contribution in [0.5, 0.6) is 0 Å². The van der Waals surface area contributed by atoms with Gasteiger partial charge in [0.1, 0.15) is 0 Å². The quantitative estimate of drug-likeness (QED) is 0.819. The van der Waals surface area contributed by atoms with Crippen LogP contribution in [0, 0.1) is 11.8 Å². The van der Waals surface area contributed by atoms with Gasteiger partial charge in [0.05, 0.1) is 22.6 Å². The van der Waals surface area contributed by atoms with Crippen LogP contribution in [-0.2, 0) is 9.59 Å². The van der Waals surface area contributed by atoms with Crippen molar-refractivity contribution in [3.8, 4) is 0 Å². The van der Waals surface area contributed by atoms with Gasteiger partial charge in [0.25, 0.3) is 0 Å². The van der Waals surface area contributed by atoms with Crippen LogP contribution < -0.4 is 5.32 Å². The molecule has 2 amide bonds. The Morgan fingerprint density at radius 1 is 1.23 bits per heavy atom. The van der Waals surface area contributed by atoms with Crippen molar-refractivity contribution in [2.75, 3.05) is 32.0 Å². The number of halogens is 2. The maximum Gasteiger partial charge on any atom is 0.239 e. The summed E-state index contributed by atoms with van der Waals surface area (Å²) in [6.45, 7) is 7.89. The second-order valence-electron chi connectivity index (χ2n) is 7.46. The van der Waals surface area contributed by atoms with Crippen LogP contribution in [0.1, 0.15) is 27.2 Å². The van der Waals surface area contributed by atoms with Gasteiger partial charge >= 0.3 is 0 Å². The number of likely N-dealkylation sites (tertiary alicyclic amines) is 1. The van der Waals surface area contributed by atoms with Crippen LogP contribution in [-0.4, -0.2) is 54.3 Å². The van der Waals surface area contributed by atoms with Crippen molar-refractivity contribution in [1.29, 1.82) is 0 Å². The van der Waals surface area contributed by atoms with Crippen molar-refractivity contribution in [2.24, 2.45) is 11.8 Å². The SMILES string of the molecule is CC1CC(C)CN(C(=O)C(C)N(C)CC(=O)Nc2ccc(Cl)c(Cl)c2)C1. The van der Waals surface area contributed by atoms with Crippen LogP contribution in [0.2, 0.25) is 10.0 Å². The minimum atomic E-state index is -0.355. The number of nitrogens with zero attached hydrogens (tertiary/aromatic N) is 2. The Balaban J connectivity index is 1.90. The number of nitrogens with one attached hydrogen (secondary N) is 1. The van der Waals surface area contributed by atoms with Gasteiger partial charge in [0.2, 0.25) is 11.8 Å². The maximum absolute atomic E-state index is 12.8. The van der Waals surface area contributed by atoms with E-state index < -0.39 is 0 Å². The second-order valence-corrected chi connectivity index (χ2v) is 8.27. The van der Waals surface area contributed by atoms with Crippen molar-refractivity contribution in [3.63, 3.8) is 0 Å². The summed E-state index contributed by atoms with van der Waals surface area (Å²) in [5, 5.41) is 3.60. The van der Waals surface area contributed by atoms with E-state index in [1.165, 1.54) is 0 Å². The standard InChI is InChI=1S/C19H27Cl2N3O2/c1-12-7-13(2)10-24(9-12)19(26)14(3)23(4)11-18(25)22-15-5-6-16(20)17(21)8-15/h5-6,8,12-14H,7,9-11H2,1-4H3,(H,22,25). The third-order valence-electron chi connectivity index (χ3n) is 4.80. The molecule has 5 nitrogen and oxygen atoms in total. The van der Waals surface area contributed by atoms with Gasteiger partial charge in [-0.15, -0.1) is 0 Å².